The van der Waals surface area contributed by atoms with Gasteiger partial charge in [0.2, 0.25) is 0 Å². The van der Waals surface area contributed by atoms with Crippen LogP contribution in [0.25, 0.3) is 22.3 Å². The van der Waals surface area contributed by atoms with Crippen LogP contribution in [0.5, 0.6) is 0 Å². The van der Waals surface area contributed by atoms with Crippen molar-refractivity contribution in [2.45, 2.75) is 17.5 Å². The highest BCUT2D eigenvalue weighted by molar-refractivity contribution is 7.98. The van der Waals surface area contributed by atoms with E-state index in [2.05, 4.69) is 15.2 Å². The van der Waals surface area contributed by atoms with Gasteiger partial charge in [-0.15, -0.1) is 10.2 Å². The molecular formula is C23H19N5O2S. The van der Waals surface area contributed by atoms with E-state index in [1.807, 2.05) is 65.2 Å². The van der Waals surface area contributed by atoms with Crippen LogP contribution in [0.15, 0.2) is 87.4 Å². The van der Waals surface area contributed by atoms with Gasteiger partial charge in [-0.05, 0) is 24.3 Å². The van der Waals surface area contributed by atoms with Crippen LogP contribution in [0.3, 0.4) is 0 Å². The molecule has 0 unspecified atom stereocenters. The zero-order valence-corrected chi connectivity index (χ0v) is 17.6. The Bertz CT molecular complexity index is 1390. The number of aromatic nitrogens is 5. The molecule has 0 amide bonds. The number of rotatable bonds is 6. The van der Waals surface area contributed by atoms with E-state index < -0.39 is 0 Å². The van der Waals surface area contributed by atoms with Crippen molar-refractivity contribution in [1.82, 2.24) is 24.3 Å². The molecule has 0 saturated carbocycles. The van der Waals surface area contributed by atoms with E-state index in [4.69, 9.17) is 4.42 Å². The van der Waals surface area contributed by atoms with Crippen LogP contribution in [0.4, 0.5) is 0 Å². The van der Waals surface area contributed by atoms with E-state index in [1.165, 1.54) is 11.8 Å². The Kier molecular flexibility index (Phi) is 5.13. The summed E-state index contributed by atoms with van der Waals surface area (Å²) in [4.78, 5) is 17.4. The lowest BCUT2D eigenvalue weighted by Crippen LogP contribution is -2.22. The Morgan fingerprint density at radius 1 is 0.968 bits per heavy atom. The highest BCUT2D eigenvalue weighted by atomic mass is 32.2. The number of para-hydroxylation sites is 1. The topological polar surface area (TPSA) is 78.7 Å². The fraction of sp³-hybridized carbons (Fsp3) is 0.130. The van der Waals surface area contributed by atoms with Crippen molar-refractivity contribution in [3.05, 3.63) is 94.9 Å². The molecule has 5 aromatic rings. The molecule has 0 saturated heterocycles. The second-order valence-electron chi connectivity index (χ2n) is 7.04. The minimum Gasteiger partial charge on any atom is -0.467 e. The summed E-state index contributed by atoms with van der Waals surface area (Å²) in [5.74, 6) is 2.75. The van der Waals surface area contributed by atoms with Crippen LogP contribution < -0.4 is 5.56 Å². The molecule has 3 aromatic heterocycles. The summed E-state index contributed by atoms with van der Waals surface area (Å²) in [5, 5.41) is 10.2. The molecule has 31 heavy (non-hydrogen) atoms. The Morgan fingerprint density at radius 3 is 2.58 bits per heavy atom. The minimum absolute atomic E-state index is 0.0526. The standard InChI is InChI=1S/C23H19N5O2S/c1-27-20(24-19-12-6-5-11-18(19)22(27)29)15-31-23-26-25-21(16-8-3-2-4-9-16)28(23)14-17-10-7-13-30-17/h2-13H,14-15H2,1H3. The monoisotopic (exact) mass is 429 g/mol. The number of nitrogens with zero attached hydrogens (tertiary/aromatic N) is 5. The Morgan fingerprint density at radius 2 is 1.77 bits per heavy atom. The second-order valence-corrected chi connectivity index (χ2v) is 7.98. The molecule has 0 spiro atoms. The van der Waals surface area contributed by atoms with Gasteiger partial charge in [-0.1, -0.05) is 54.2 Å². The van der Waals surface area contributed by atoms with E-state index in [0.717, 1.165) is 22.3 Å². The van der Waals surface area contributed by atoms with Crippen LogP contribution in [-0.4, -0.2) is 24.3 Å². The van der Waals surface area contributed by atoms with Crippen molar-refractivity contribution in [1.29, 1.82) is 0 Å². The first-order valence-corrected chi connectivity index (χ1v) is 10.8. The van der Waals surface area contributed by atoms with Crippen LogP contribution in [0, 0.1) is 0 Å². The minimum atomic E-state index is -0.0526. The Labute approximate surface area is 182 Å². The summed E-state index contributed by atoms with van der Waals surface area (Å²) in [6, 6.07) is 21.1. The lowest BCUT2D eigenvalue weighted by atomic mass is 10.2. The number of furan rings is 1. The summed E-state index contributed by atoms with van der Waals surface area (Å²) in [6.45, 7) is 0.511. The summed E-state index contributed by atoms with van der Waals surface area (Å²) >= 11 is 1.49. The van der Waals surface area contributed by atoms with Gasteiger partial charge in [-0.3, -0.25) is 13.9 Å². The van der Waals surface area contributed by atoms with E-state index in [-0.39, 0.29) is 5.56 Å². The molecule has 154 valence electrons. The number of hydrogen-bond acceptors (Lipinski definition) is 6. The summed E-state index contributed by atoms with van der Waals surface area (Å²) in [7, 11) is 1.75. The van der Waals surface area contributed by atoms with Crippen molar-refractivity contribution in [2.24, 2.45) is 7.05 Å². The summed E-state index contributed by atoms with van der Waals surface area (Å²) in [5.41, 5.74) is 1.62. The molecule has 2 aromatic carbocycles. The number of thioether (sulfide) groups is 1. The first-order valence-electron chi connectivity index (χ1n) is 9.79. The second kappa shape index (κ2) is 8.23. The van der Waals surface area contributed by atoms with Gasteiger partial charge < -0.3 is 4.42 Å². The molecule has 0 atom stereocenters. The third-order valence-electron chi connectivity index (χ3n) is 5.05. The summed E-state index contributed by atoms with van der Waals surface area (Å²) in [6.07, 6.45) is 1.66. The SMILES string of the molecule is Cn1c(CSc2nnc(-c3ccccc3)n2Cc2ccco2)nc2ccccc2c1=O. The van der Waals surface area contributed by atoms with Crippen molar-refractivity contribution in [2.75, 3.05) is 0 Å². The third-order valence-corrected chi connectivity index (χ3v) is 6.01. The molecule has 0 N–H and O–H groups in total. The van der Waals surface area contributed by atoms with Gasteiger partial charge in [0, 0.05) is 12.6 Å². The first kappa shape index (κ1) is 19.3. The Hall–Kier alpha value is -3.65. The van der Waals surface area contributed by atoms with E-state index in [0.29, 0.717) is 29.0 Å². The van der Waals surface area contributed by atoms with E-state index in [9.17, 15) is 4.79 Å². The lowest BCUT2D eigenvalue weighted by Gasteiger charge is -2.11. The molecule has 3 heterocycles. The predicted octanol–water partition coefficient (Wildman–Crippen LogP) is 4.13. The lowest BCUT2D eigenvalue weighted by molar-refractivity contribution is 0.485. The van der Waals surface area contributed by atoms with Crippen LogP contribution in [0.1, 0.15) is 11.6 Å². The largest absolute Gasteiger partial charge is 0.467 e. The quantitative estimate of drug-likeness (QED) is 0.378. The predicted molar refractivity (Wildman–Crippen MR) is 120 cm³/mol. The van der Waals surface area contributed by atoms with Crippen LogP contribution in [0.2, 0.25) is 0 Å². The van der Waals surface area contributed by atoms with Crippen LogP contribution >= 0.6 is 11.8 Å². The van der Waals surface area contributed by atoms with E-state index >= 15 is 0 Å². The van der Waals surface area contributed by atoms with Crippen molar-refractivity contribution < 1.29 is 4.42 Å². The number of fused-ring (bicyclic) bond motifs is 1. The summed E-state index contributed by atoms with van der Waals surface area (Å²) < 4.78 is 9.18. The van der Waals surface area contributed by atoms with Gasteiger partial charge in [-0.25, -0.2) is 4.98 Å². The molecule has 8 heteroatoms. The normalized spacial score (nSPS) is 11.3. The highest BCUT2D eigenvalue weighted by Crippen LogP contribution is 2.27. The first-order chi connectivity index (χ1) is 15.2. The molecular weight excluding hydrogens is 410 g/mol. The average Bonchev–Trinajstić information content (AvgIpc) is 3.46. The van der Waals surface area contributed by atoms with Gasteiger partial charge >= 0.3 is 0 Å². The molecule has 0 radical (unpaired) electrons. The third kappa shape index (κ3) is 3.77. The zero-order valence-electron chi connectivity index (χ0n) is 16.8. The Balaban J connectivity index is 1.50. The van der Waals surface area contributed by atoms with Crippen molar-refractivity contribution >= 4 is 22.7 Å². The maximum Gasteiger partial charge on any atom is 0.261 e. The molecule has 0 bridgehead atoms. The molecule has 0 aliphatic rings. The van der Waals surface area contributed by atoms with Crippen molar-refractivity contribution in [3.63, 3.8) is 0 Å². The molecule has 0 aliphatic heterocycles. The van der Waals surface area contributed by atoms with Gasteiger partial charge in [0.1, 0.15) is 11.6 Å². The van der Waals surface area contributed by atoms with Crippen molar-refractivity contribution in [3.8, 4) is 11.4 Å². The highest BCUT2D eigenvalue weighted by Gasteiger charge is 2.17. The zero-order chi connectivity index (χ0) is 21.2. The maximum atomic E-state index is 12.7. The number of benzene rings is 2. The fourth-order valence-electron chi connectivity index (χ4n) is 3.42. The fourth-order valence-corrected chi connectivity index (χ4v) is 4.34. The van der Waals surface area contributed by atoms with Gasteiger partial charge in [0.25, 0.3) is 5.56 Å². The van der Waals surface area contributed by atoms with Gasteiger partial charge in [-0.2, -0.15) is 0 Å². The number of hydrogen-bond donors (Lipinski definition) is 0. The molecule has 5 rings (SSSR count). The average molecular weight is 430 g/mol. The molecule has 7 nitrogen and oxygen atoms in total. The molecule has 0 aliphatic carbocycles. The maximum absolute atomic E-state index is 12.7. The van der Waals surface area contributed by atoms with Crippen LogP contribution in [-0.2, 0) is 19.3 Å². The van der Waals surface area contributed by atoms with Gasteiger partial charge in [0.15, 0.2) is 11.0 Å². The molecule has 0 fully saturated rings. The van der Waals surface area contributed by atoms with E-state index in [1.54, 1.807) is 23.9 Å². The van der Waals surface area contributed by atoms with Gasteiger partial charge in [0.05, 0.1) is 29.5 Å². The smallest absolute Gasteiger partial charge is 0.261 e.